The molecule has 3 aliphatic rings. The van der Waals surface area contributed by atoms with Gasteiger partial charge in [0.25, 0.3) is 0 Å². The summed E-state index contributed by atoms with van der Waals surface area (Å²) in [6.07, 6.45) is 7.22. The van der Waals surface area contributed by atoms with E-state index in [0.717, 1.165) is 25.2 Å². The molecule has 3 fully saturated rings. The normalized spacial score (nSPS) is 31.8. The van der Waals surface area contributed by atoms with E-state index in [2.05, 4.69) is 39.0 Å². The van der Waals surface area contributed by atoms with Crippen LogP contribution in [0.4, 0.5) is 5.69 Å². The van der Waals surface area contributed by atoms with Crippen molar-refractivity contribution >= 4 is 11.6 Å². The number of hydrogen-bond donors (Lipinski definition) is 0. The summed E-state index contributed by atoms with van der Waals surface area (Å²) < 4.78 is 0. The van der Waals surface area contributed by atoms with E-state index in [4.69, 9.17) is 0 Å². The highest BCUT2D eigenvalue weighted by Gasteiger charge is 2.48. The number of rotatable bonds is 3. The Morgan fingerprint density at radius 1 is 0.840 bits per heavy atom. The molecule has 1 aliphatic carbocycles. The number of anilines is 1. The average Bonchev–Trinajstić information content (AvgIpc) is 2.84. The quantitative estimate of drug-likeness (QED) is 0.866. The molecule has 2 aromatic rings. The number of nitrogens with zero attached hydrogens (tertiary/aromatic N) is 3. The Kier molecular flexibility index (Phi) is 3.59. The number of hydrogen-bond acceptors (Lipinski definition) is 3. The molecule has 2 unspecified atom stereocenters. The minimum atomic E-state index is 0.180. The molecule has 2 atom stereocenters. The molecular weight excluding hydrogens is 310 g/mol. The molecule has 0 radical (unpaired) electrons. The fraction of sp³-hybridized carbons (Fsp3) is 0.429. The van der Waals surface area contributed by atoms with Crippen LogP contribution in [0.2, 0.25) is 0 Å². The fourth-order valence-electron chi connectivity index (χ4n) is 4.87. The first kappa shape index (κ1) is 15.1. The molecule has 4 nitrogen and oxygen atoms in total. The van der Waals surface area contributed by atoms with Crippen LogP contribution in [-0.4, -0.2) is 41.0 Å². The lowest BCUT2D eigenvalue weighted by molar-refractivity contribution is -0.120. The summed E-state index contributed by atoms with van der Waals surface area (Å²) in [4.78, 5) is 21.6. The Morgan fingerprint density at radius 2 is 1.56 bits per heavy atom. The SMILES string of the molecule is O=C1C2CC(CN(C3CC(c4ccncc4)C3)C2)N1c1ccccc1. The van der Waals surface area contributed by atoms with E-state index in [-0.39, 0.29) is 5.92 Å². The van der Waals surface area contributed by atoms with Gasteiger partial charge in [0.1, 0.15) is 0 Å². The maximum atomic E-state index is 12.8. The zero-order valence-electron chi connectivity index (χ0n) is 14.3. The van der Waals surface area contributed by atoms with E-state index in [9.17, 15) is 4.79 Å². The molecule has 2 saturated heterocycles. The summed E-state index contributed by atoms with van der Waals surface area (Å²) in [5.41, 5.74) is 2.47. The van der Waals surface area contributed by atoms with E-state index < -0.39 is 0 Å². The first-order valence-electron chi connectivity index (χ1n) is 9.31. The first-order chi connectivity index (χ1) is 12.3. The van der Waals surface area contributed by atoms with Crippen molar-refractivity contribution in [2.24, 2.45) is 5.92 Å². The van der Waals surface area contributed by atoms with Gasteiger partial charge in [0.15, 0.2) is 0 Å². The Bertz CT molecular complexity index is 757. The number of amides is 1. The lowest BCUT2D eigenvalue weighted by Crippen LogP contribution is -2.51. The van der Waals surface area contributed by atoms with Gasteiger partial charge in [-0.3, -0.25) is 14.7 Å². The van der Waals surface area contributed by atoms with Gasteiger partial charge in [-0.2, -0.15) is 0 Å². The van der Waals surface area contributed by atoms with Crippen molar-refractivity contribution in [3.05, 3.63) is 60.4 Å². The molecule has 3 heterocycles. The molecule has 2 bridgehead atoms. The van der Waals surface area contributed by atoms with Gasteiger partial charge in [-0.15, -0.1) is 0 Å². The van der Waals surface area contributed by atoms with Crippen LogP contribution in [0.5, 0.6) is 0 Å². The van der Waals surface area contributed by atoms with Crippen molar-refractivity contribution in [3.8, 4) is 0 Å². The molecular formula is C21H23N3O. The fourth-order valence-corrected chi connectivity index (χ4v) is 4.87. The zero-order valence-corrected chi connectivity index (χ0v) is 14.3. The molecule has 25 heavy (non-hydrogen) atoms. The molecule has 128 valence electrons. The van der Waals surface area contributed by atoms with Crippen LogP contribution in [0.15, 0.2) is 54.9 Å². The number of pyridine rings is 1. The molecule has 1 amide bonds. The number of piperidine rings is 1. The molecule has 2 aliphatic heterocycles. The van der Waals surface area contributed by atoms with Gasteiger partial charge in [0.05, 0.1) is 12.0 Å². The predicted molar refractivity (Wildman–Crippen MR) is 97.4 cm³/mol. The Labute approximate surface area is 148 Å². The third kappa shape index (κ3) is 2.56. The Hall–Kier alpha value is -2.20. The molecule has 1 saturated carbocycles. The van der Waals surface area contributed by atoms with Gasteiger partial charge in [-0.25, -0.2) is 0 Å². The lowest BCUT2D eigenvalue weighted by Gasteiger charge is -2.46. The number of fused-ring (bicyclic) bond motifs is 2. The van der Waals surface area contributed by atoms with E-state index in [1.54, 1.807) is 0 Å². The van der Waals surface area contributed by atoms with E-state index in [1.165, 1.54) is 18.4 Å². The molecule has 5 rings (SSSR count). The second kappa shape index (κ2) is 5.95. The van der Waals surface area contributed by atoms with Crippen molar-refractivity contribution in [3.63, 3.8) is 0 Å². The third-order valence-corrected chi connectivity index (χ3v) is 6.25. The van der Waals surface area contributed by atoms with Gasteiger partial charge in [0.2, 0.25) is 5.91 Å². The van der Waals surface area contributed by atoms with Gasteiger partial charge in [-0.1, -0.05) is 18.2 Å². The topological polar surface area (TPSA) is 36.4 Å². The summed E-state index contributed by atoms with van der Waals surface area (Å²) in [7, 11) is 0. The third-order valence-electron chi connectivity index (χ3n) is 6.25. The summed E-state index contributed by atoms with van der Waals surface area (Å²) >= 11 is 0. The minimum absolute atomic E-state index is 0.180. The van der Waals surface area contributed by atoms with E-state index in [0.29, 0.717) is 23.9 Å². The number of aromatic nitrogens is 1. The van der Waals surface area contributed by atoms with Crippen LogP contribution in [0.1, 0.15) is 30.7 Å². The van der Waals surface area contributed by atoms with Gasteiger partial charge in [-0.05, 0) is 55.0 Å². The summed E-state index contributed by atoms with van der Waals surface area (Å²) in [5.74, 6) is 1.16. The standard InChI is InChI=1S/C21H23N3O/c25-21-17-12-20(24(21)18-4-2-1-3-5-18)14-23(13-17)19-10-16(11-19)15-6-8-22-9-7-15/h1-9,16-17,19-20H,10-14H2. The summed E-state index contributed by atoms with van der Waals surface area (Å²) in [6.45, 7) is 1.96. The minimum Gasteiger partial charge on any atom is -0.308 e. The van der Waals surface area contributed by atoms with Crippen LogP contribution >= 0.6 is 0 Å². The van der Waals surface area contributed by atoms with Crippen LogP contribution in [0.3, 0.4) is 0 Å². The number of likely N-dealkylation sites (tertiary alicyclic amines) is 1. The Balaban J connectivity index is 1.28. The summed E-state index contributed by atoms with van der Waals surface area (Å²) in [5, 5.41) is 0. The largest absolute Gasteiger partial charge is 0.308 e. The Morgan fingerprint density at radius 3 is 2.32 bits per heavy atom. The maximum Gasteiger partial charge on any atom is 0.231 e. The highest BCUT2D eigenvalue weighted by Crippen LogP contribution is 2.43. The highest BCUT2D eigenvalue weighted by molar-refractivity contribution is 5.98. The predicted octanol–water partition coefficient (Wildman–Crippen LogP) is 3.06. The van der Waals surface area contributed by atoms with Gasteiger partial charge in [0, 0.05) is 37.2 Å². The van der Waals surface area contributed by atoms with Crippen molar-refractivity contribution < 1.29 is 4.79 Å². The number of benzene rings is 1. The van der Waals surface area contributed by atoms with Crippen LogP contribution in [0, 0.1) is 5.92 Å². The molecule has 0 spiro atoms. The van der Waals surface area contributed by atoms with Crippen molar-refractivity contribution in [1.29, 1.82) is 0 Å². The second-order valence-electron chi connectivity index (χ2n) is 7.69. The molecule has 1 aromatic carbocycles. The summed E-state index contributed by atoms with van der Waals surface area (Å²) in [6, 6.07) is 15.4. The van der Waals surface area contributed by atoms with E-state index >= 15 is 0 Å². The highest BCUT2D eigenvalue weighted by atomic mass is 16.2. The number of carbonyl (C=O) groups is 1. The average molecular weight is 333 g/mol. The van der Waals surface area contributed by atoms with Crippen LogP contribution < -0.4 is 4.90 Å². The molecule has 4 heteroatoms. The monoisotopic (exact) mass is 333 g/mol. The van der Waals surface area contributed by atoms with E-state index in [1.807, 2.05) is 30.6 Å². The van der Waals surface area contributed by atoms with Crippen LogP contribution in [-0.2, 0) is 4.79 Å². The smallest absolute Gasteiger partial charge is 0.231 e. The number of carbonyl (C=O) groups excluding carboxylic acids is 1. The number of para-hydroxylation sites is 1. The molecule has 1 aromatic heterocycles. The first-order valence-corrected chi connectivity index (χ1v) is 9.31. The van der Waals surface area contributed by atoms with Crippen LogP contribution in [0.25, 0.3) is 0 Å². The van der Waals surface area contributed by atoms with Crippen molar-refractivity contribution in [2.75, 3.05) is 18.0 Å². The van der Waals surface area contributed by atoms with Gasteiger partial charge >= 0.3 is 0 Å². The second-order valence-corrected chi connectivity index (χ2v) is 7.69. The zero-order chi connectivity index (χ0) is 16.8. The van der Waals surface area contributed by atoms with Crippen molar-refractivity contribution in [1.82, 2.24) is 9.88 Å². The lowest BCUT2D eigenvalue weighted by atomic mass is 9.74. The van der Waals surface area contributed by atoms with Crippen molar-refractivity contribution in [2.45, 2.75) is 37.3 Å². The van der Waals surface area contributed by atoms with Gasteiger partial charge < -0.3 is 4.90 Å². The maximum absolute atomic E-state index is 12.8. The molecule has 0 N–H and O–H groups in total.